The third-order valence-corrected chi connectivity index (χ3v) is 5.76. The Morgan fingerprint density at radius 3 is 2.76 bits per heavy atom. The largest absolute Gasteiger partial charge is 0.333 e. The Morgan fingerprint density at radius 2 is 2.08 bits per heavy atom. The molecule has 6 heteroatoms. The third kappa shape index (κ3) is 4.07. The molecule has 2 aromatic rings. The van der Waals surface area contributed by atoms with E-state index in [4.69, 9.17) is 0 Å². The molecule has 1 aliphatic carbocycles. The molecular formula is C19H23N3O2S. The Morgan fingerprint density at radius 1 is 1.32 bits per heavy atom. The van der Waals surface area contributed by atoms with E-state index in [0.29, 0.717) is 11.3 Å². The van der Waals surface area contributed by atoms with Crippen LogP contribution in [-0.2, 0) is 4.79 Å². The topological polar surface area (TPSA) is 62.3 Å². The van der Waals surface area contributed by atoms with Gasteiger partial charge in [0, 0.05) is 35.8 Å². The number of hydrogen-bond acceptors (Lipinski definition) is 4. The molecule has 0 bridgehead atoms. The number of aromatic nitrogens is 1. The number of hydrogen-bond donors (Lipinski definition) is 1. The Labute approximate surface area is 152 Å². The first-order valence-electron chi connectivity index (χ1n) is 8.63. The minimum Gasteiger partial charge on any atom is -0.333 e. The molecule has 1 heterocycles. The molecule has 1 aliphatic rings. The Balaban J connectivity index is 1.69. The summed E-state index contributed by atoms with van der Waals surface area (Å²) in [7, 11) is 1.78. The summed E-state index contributed by atoms with van der Waals surface area (Å²) in [5.74, 6) is 0.0817. The highest BCUT2D eigenvalue weighted by Gasteiger charge is 2.24. The molecule has 0 unspecified atom stereocenters. The molecule has 2 amide bonds. The Kier molecular flexibility index (Phi) is 5.48. The fraction of sp³-hybridized carbons (Fsp3) is 0.421. The van der Waals surface area contributed by atoms with E-state index in [1.807, 2.05) is 18.4 Å². The van der Waals surface area contributed by atoms with E-state index >= 15 is 0 Å². The standard InChI is InChI=1S/C19H23N3O2S/c1-13(18-20-10-11-25-18)22(2)19(24)15-8-5-9-16(12-15)21-17(23)14-6-3-4-7-14/h5,8-14H,3-4,6-7H2,1-2H3,(H,21,23)/t13-/m1/s1. The number of anilines is 1. The monoisotopic (exact) mass is 357 g/mol. The molecule has 1 saturated carbocycles. The van der Waals surface area contributed by atoms with Crippen molar-refractivity contribution < 1.29 is 9.59 Å². The molecule has 1 N–H and O–H groups in total. The zero-order chi connectivity index (χ0) is 17.8. The van der Waals surface area contributed by atoms with Crippen molar-refractivity contribution in [3.8, 4) is 0 Å². The average Bonchev–Trinajstić information content (AvgIpc) is 3.33. The molecule has 1 fully saturated rings. The minimum atomic E-state index is -0.0933. The summed E-state index contributed by atoms with van der Waals surface area (Å²) in [5.41, 5.74) is 1.24. The summed E-state index contributed by atoms with van der Waals surface area (Å²) >= 11 is 1.54. The van der Waals surface area contributed by atoms with Crippen LogP contribution in [0.15, 0.2) is 35.8 Å². The van der Waals surface area contributed by atoms with Crippen LogP contribution in [0.1, 0.15) is 54.0 Å². The summed E-state index contributed by atoms with van der Waals surface area (Å²) in [6.07, 6.45) is 5.90. The maximum absolute atomic E-state index is 12.8. The average molecular weight is 357 g/mol. The van der Waals surface area contributed by atoms with Gasteiger partial charge in [-0.05, 0) is 38.0 Å². The first kappa shape index (κ1) is 17.6. The number of rotatable bonds is 5. The predicted molar refractivity (Wildman–Crippen MR) is 99.7 cm³/mol. The smallest absolute Gasteiger partial charge is 0.254 e. The van der Waals surface area contributed by atoms with Crippen molar-refractivity contribution >= 4 is 28.8 Å². The van der Waals surface area contributed by atoms with Gasteiger partial charge in [-0.2, -0.15) is 0 Å². The quantitative estimate of drug-likeness (QED) is 0.876. The number of nitrogens with one attached hydrogen (secondary N) is 1. The normalized spacial score (nSPS) is 15.8. The molecule has 5 nitrogen and oxygen atoms in total. The highest BCUT2D eigenvalue weighted by molar-refractivity contribution is 7.09. The number of carbonyl (C=O) groups is 2. The van der Waals surface area contributed by atoms with Crippen LogP contribution in [0.3, 0.4) is 0 Å². The first-order valence-corrected chi connectivity index (χ1v) is 9.51. The summed E-state index contributed by atoms with van der Waals surface area (Å²) in [6.45, 7) is 1.96. The van der Waals surface area contributed by atoms with Gasteiger partial charge in [-0.25, -0.2) is 4.98 Å². The van der Waals surface area contributed by atoms with Gasteiger partial charge in [0.05, 0.1) is 6.04 Å². The maximum Gasteiger partial charge on any atom is 0.254 e. The molecule has 3 rings (SSSR count). The lowest BCUT2D eigenvalue weighted by Crippen LogP contribution is -2.29. The second kappa shape index (κ2) is 7.78. The minimum absolute atomic E-state index is 0.0617. The van der Waals surface area contributed by atoms with Gasteiger partial charge in [-0.15, -0.1) is 11.3 Å². The van der Waals surface area contributed by atoms with Crippen LogP contribution < -0.4 is 5.32 Å². The second-order valence-electron chi connectivity index (χ2n) is 6.51. The van der Waals surface area contributed by atoms with Gasteiger partial charge in [0.25, 0.3) is 5.91 Å². The van der Waals surface area contributed by atoms with E-state index in [9.17, 15) is 9.59 Å². The van der Waals surface area contributed by atoms with Crippen LogP contribution in [0.25, 0.3) is 0 Å². The fourth-order valence-corrected chi connectivity index (χ4v) is 3.89. The highest BCUT2D eigenvalue weighted by Crippen LogP contribution is 2.27. The van der Waals surface area contributed by atoms with Gasteiger partial charge in [-0.3, -0.25) is 9.59 Å². The number of amides is 2. The van der Waals surface area contributed by atoms with Crippen LogP contribution in [0, 0.1) is 5.92 Å². The summed E-state index contributed by atoms with van der Waals surface area (Å²) in [4.78, 5) is 31.0. The van der Waals surface area contributed by atoms with E-state index in [2.05, 4.69) is 10.3 Å². The van der Waals surface area contributed by atoms with Crippen molar-refractivity contribution in [3.63, 3.8) is 0 Å². The lowest BCUT2D eigenvalue weighted by Gasteiger charge is -2.23. The first-order chi connectivity index (χ1) is 12.1. The highest BCUT2D eigenvalue weighted by atomic mass is 32.1. The Bertz CT molecular complexity index is 739. The summed E-state index contributed by atoms with van der Waals surface area (Å²) in [6, 6.07) is 7.07. The summed E-state index contributed by atoms with van der Waals surface area (Å²) < 4.78 is 0. The van der Waals surface area contributed by atoms with Crippen LogP contribution in [0.2, 0.25) is 0 Å². The van der Waals surface area contributed by atoms with Crippen molar-refractivity contribution in [1.29, 1.82) is 0 Å². The van der Waals surface area contributed by atoms with Crippen LogP contribution in [0.5, 0.6) is 0 Å². The molecule has 1 atom stereocenters. The third-order valence-electron chi connectivity index (χ3n) is 4.81. The molecular weight excluding hydrogens is 334 g/mol. The van der Waals surface area contributed by atoms with Crippen LogP contribution in [0.4, 0.5) is 5.69 Å². The van der Waals surface area contributed by atoms with Gasteiger partial charge in [0.15, 0.2) is 0 Å². The van der Waals surface area contributed by atoms with E-state index in [-0.39, 0.29) is 23.8 Å². The van der Waals surface area contributed by atoms with Crippen molar-refractivity contribution in [1.82, 2.24) is 9.88 Å². The molecule has 1 aromatic heterocycles. The van der Waals surface area contributed by atoms with Crippen LogP contribution in [-0.4, -0.2) is 28.7 Å². The maximum atomic E-state index is 12.8. The van der Waals surface area contributed by atoms with E-state index < -0.39 is 0 Å². The molecule has 1 aromatic carbocycles. The number of carbonyl (C=O) groups excluding carboxylic acids is 2. The number of benzene rings is 1. The van der Waals surface area contributed by atoms with E-state index in [1.54, 1.807) is 36.3 Å². The van der Waals surface area contributed by atoms with Crippen LogP contribution >= 0.6 is 11.3 Å². The zero-order valence-electron chi connectivity index (χ0n) is 14.6. The second-order valence-corrected chi connectivity index (χ2v) is 7.44. The number of nitrogens with zero attached hydrogens (tertiary/aromatic N) is 2. The zero-order valence-corrected chi connectivity index (χ0v) is 15.4. The van der Waals surface area contributed by atoms with E-state index in [1.165, 1.54) is 11.3 Å². The SMILES string of the molecule is C[C@H](c1nccs1)N(C)C(=O)c1cccc(NC(=O)C2CCCC2)c1. The lowest BCUT2D eigenvalue weighted by atomic mass is 10.1. The van der Waals surface area contributed by atoms with Gasteiger partial charge < -0.3 is 10.2 Å². The van der Waals surface area contributed by atoms with Crippen molar-refractivity contribution in [2.75, 3.05) is 12.4 Å². The molecule has 0 radical (unpaired) electrons. The Hall–Kier alpha value is -2.21. The van der Waals surface area contributed by atoms with Crippen molar-refractivity contribution in [2.24, 2.45) is 5.92 Å². The summed E-state index contributed by atoms with van der Waals surface area (Å²) in [5, 5.41) is 5.77. The molecule has 0 saturated heterocycles. The fourth-order valence-electron chi connectivity index (χ4n) is 3.15. The number of thiazole rings is 1. The van der Waals surface area contributed by atoms with Crippen molar-refractivity contribution in [2.45, 2.75) is 38.6 Å². The van der Waals surface area contributed by atoms with Crippen molar-refractivity contribution in [3.05, 3.63) is 46.4 Å². The molecule has 0 aliphatic heterocycles. The predicted octanol–water partition coefficient (Wildman–Crippen LogP) is 4.11. The van der Waals surface area contributed by atoms with Gasteiger partial charge in [0.1, 0.15) is 5.01 Å². The van der Waals surface area contributed by atoms with Gasteiger partial charge >= 0.3 is 0 Å². The molecule has 25 heavy (non-hydrogen) atoms. The van der Waals surface area contributed by atoms with Gasteiger partial charge in [-0.1, -0.05) is 18.9 Å². The van der Waals surface area contributed by atoms with E-state index in [0.717, 1.165) is 30.7 Å². The van der Waals surface area contributed by atoms with Gasteiger partial charge in [0.2, 0.25) is 5.91 Å². The lowest BCUT2D eigenvalue weighted by molar-refractivity contribution is -0.119. The molecule has 0 spiro atoms. The molecule has 132 valence electrons.